The van der Waals surface area contributed by atoms with E-state index in [9.17, 15) is 4.79 Å². The van der Waals surface area contributed by atoms with Gasteiger partial charge in [-0.3, -0.25) is 4.79 Å². The first-order valence-electron chi connectivity index (χ1n) is 8.89. The van der Waals surface area contributed by atoms with E-state index in [2.05, 4.69) is 10.2 Å². The highest BCUT2D eigenvalue weighted by molar-refractivity contribution is 6.36. The second-order valence-electron chi connectivity index (χ2n) is 6.39. The number of amides is 1. The summed E-state index contributed by atoms with van der Waals surface area (Å²) in [6.45, 7) is 3.20. The maximum Gasteiger partial charge on any atom is 0.291 e. The number of rotatable bonds is 4. The number of nitrogens with one attached hydrogen (secondary N) is 1. The number of ether oxygens (including phenoxy) is 1. The predicted molar refractivity (Wildman–Crippen MR) is 112 cm³/mol. The molecule has 1 aliphatic rings. The number of nitrogens with zero attached hydrogens (tertiary/aromatic N) is 1. The smallest absolute Gasteiger partial charge is 0.291 e. The lowest BCUT2D eigenvalue weighted by atomic mass is 10.2. The number of carbonyl (C=O) groups excluding carboxylic acids is 1. The molecule has 1 fully saturated rings. The van der Waals surface area contributed by atoms with E-state index in [1.807, 2.05) is 24.3 Å². The molecule has 3 aromatic rings. The molecule has 1 amide bonds. The molecule has 1 saturated heterocycles. The van der Waals surface area contributed by atoms with Crippen molar-refractivity contribution in [1.82, 2.24) is 0 Å². The average Bonchev–Trinajstić information content (AvgIpc) is 3.19. The fraction of sp³-hybridized carbons (Fsp3) is 0.190. The van der Waals surface area contributed by atoms with Gasteiger partial charge < -0.3 is 19.4 Å². The Hall–Kier alpha value is -2.47. The van der Waals surface area contributed by atoms with Crippen LogP contribution in [0.1, 0.15) is 10.6 Å². The van der Waals surface area contributed by atoms with Crippen LogP contribution in [0, 0.1) is 0 Å². The summed E-state index contributed by atoms with van der Waals surface area (Å²) in [5.74, 6) is 0.392. The highest BCUT2D eigenvalue weighted by atomic mass is 35.5. The Labute approximate surface area is 172 Å². The molecule has 0 aliphatic carbocycles. The minimum absolute atomic E-state index is 0.207. The van der Waals surface area contributed by atoms with Crippen LogP contribution in [-0.4, -0.2) is 32.2 Å². The van der Waals surface area contributed by atoms with E-state index in [1.54, 1.807) is 30.3 Å². The number of carbonyl (C=O) groups is 1. The summed E-state index contributed by atoms with van der Waals surface area (Å²) in [6, 6.07) is 16.2. The largest absolute Gasteiger partial charge is 0.451 e. The first-order valence-corrected chi connectivity index (χ1v) is 9.65. The quantitative estimate of drug-likeness (QED) is 0.623. The maximum absolute atomic E-state index is 12.5. The van der Waals surface area contributed by atoms with E-state index in [4.69, 9.17) is 32.4 Å². The van der Waals surface area contributed by atoms with Crippen LogP contribution in [0.25, 0.3) is 11.3 Å². The Bertz CT molecular complexity index is 980. The fourth-order valence-corrected chi connectivity index (χ4v) is 3.57. The third kappa shape index (κ3) is 4.17. The summed E-state index contributed by atoms with van der Waals surface area (Å²) in [4.78, 5) is 14.8. The van der Waals surface area contributed by atoms with Crippen LogP contribution in [-0.2, 0) is 4.74 Å². The minimum Gasteiger partial charge on any atom is -0.451 e. The standard InChI is InChI=1S/C21H18Cl2N2O3/c22-14-1-6-17(18(23)13-14)19-7-8-20(28-19)21(26)24-15-2-4-16(5-3-15)25-9-11-27-12-10-25/h1-8,13H,9-12H2,(H,24,26). The zero-order valence-corrected chi connectivity index (χ0v) is 16.5. The van der Waals surface area contributed by atoms with Gasteiger partial charge in [0.1, 0.15) is 5.76 Å². The van der Waals surface area contributed by atoms with Crippen molar-refractivity contribution in [2.45, 2.75) is 0 Å². The van der Waals surface area contributed by atoms with Crippen LogP contribution in [0.4, 0.5) is 11.4 Å². The summed E-state index contributed by atoms with van der Waals surface area (Å²) in [7, 11) is 0. The normalized spacial score (nSPS) is 14.1. The molecule has 0 saturated carbocycles. The maximum atomic E-state index is 12.5. The van der Waals surface area contributed by atoms with Gasteiger partial charge in [-0.1, -0.05) is 23.2 Å². The van der Waals surface area contributed by atoms with Gasteiger partial charge in [-0.25, -0.2) is 0 Å². The Morgan fingerprint density at radius 1 is 0.964 bits per heavy atom. The molecule has 5 nitrogen and oxygen atoms in total. The minimum atomic E-state index is -0.324. The van der Waals surface area contributed by atoms with Crippen LogP contribution in [0.3, 0.4) is 0 Å². The molecule has 0 unspecified atom stereocenters. The van der Waals surface area contributed by atoms with Gasteiger partial charge in [0.15, 0.2) is 5.76 Å². The lowest BCUT2D eigenvalue weighted by Crippen LogP contribution is -2.36. The van der Waals surface area contributed by atoms with Crippen molar-refractivity contribution in [3.63, 3.8) is 0 Å². The van der Waals surface area contributed by atoms with E-state index < -0.39 is 0 Å². The Morgan fingerprint density at radius 3 is 2.43 bits per heavy atom. The second kappa shape index (κ2) is 8.27. The lowest BCUT2D eigenvalue weighted by molar-refractivity contribution is 0.0997. The summed E-state index contributed by atoms with van der Waals surface area (Å²) < 4.78 is 11.1. The van der Waals surface area contributed by atoms with Crippen LogP contribution in [0.2, 0.25) is 10.0 Å². The Morgan fingerprint density at radius 2 is 1.71 bits per heavy atom. The van der Waals surface area contributed by atoms with Gasteiger partial charge >= 0.3 is 0 Å². The van der Waals surface area contributed by atoms with Crippen molar-refractivity contribution in [1.29, 1.82) is 0 Å². The molecule has 2 heterocycles. The number of furan rings is 1. The highest BCUT2D eigenvalue weighted by Gasteiger charge is 2.15. The summed E-state index contributed by atoms with van der Waals surface area (Å²) in [5.41, 5.74) is 2.49. The third-order valence-electron chi connectivity index (χ3n) is 4.53. The lowest BCUT2D eigenvalue weighted by Gasteiger charge is -2.28. The van der Waals surface area contributed by atoms with E-state index in [1.165, 1.54) is 0 Å². The first-order chi connectivity index (χ1) is 13.6. The molecular formula is C21H18Cl2N2O3. The Kier molecular flexibility index (Phi) is 5.57. The summed E-state index contributed by atoms with van der Waals surface area (Å²) in [6.07, 6.45) is 0. The number of halogens is 2. The van der Waals surface area contributed by atoms with Crippen LogP contribution >= 0.6 is 23.2 Å². The van der Waals surface area contributed by atoms with Gasteiger partial charge in [-0.05, 0) is 54.6 Å². The SMILES string of the molecule is O=C(Nc1ccc(N2CCOCC2)cc1)c1ccc(-c2ccc(Cl)cc2Cl)o1. The van der Waals surface area contributed by atoms with Crippen molar-refractivity contribution in [3.8, 4) is 11.3 Å². The molecule has 0 spiro atoms. The van der Waals surface area contributed by atoms with Crippen molar-refractivity contribution in [2.24, 2.45) is 0 Å². The molecule has 144 valence electrons. The zero-order chi connectivity index (χ0) is 19.5. The average molecular weight is 417 g/mol. The van der Waals surface area contributed by atoms with Gasteiger partial charge in [-0.15, -0.1) is 0 Å². The predicted octanol–water partition coefficient (Wildman–Crippen LogP) is 5.34. The molecule has 0 bridgehead atoms. The van der Waals surface area contributed by atoms with E-state index in [-0.39, 0.29) is 11.7 Å². The Balaban J connectivity index is 1.44. The number of benzene rings is 2. The second-order valence-corrected chi connectivity index (χ2v) is 7.23. The third-order valence-corrected chi connectivity index (χ3v) is 5.08. The summed E-state index contributed by atoms with van der Waals surface area (Å²) >= 11 is 12.1. The molecule has 2 aromatic carbocycles. The monoisotopic (exact) mass is 416 g/mol. The number of morpholine rings is 1. The number of hydrogen-bond acceptors (Lipinski definition) is 4. The van der Waals surface area contributed by atoms with Crippen LogP contribution < -0.4 is 10.2 Å². The topological polar surface area (TPSA) is 54.7 Å². The van der Waals surface area contributed by atoms with Gasteiger partial charge in [0.05, 0.1) is 18.2 Å². The zero-order valence-electron chi connectivity index (χ0n) is 15.0. The molecule has 28 heavy (non-hydrogen) atoms. The van der Waals surface area contributed by atoms with Crippen molar-refractivity contribution < 1.29 is 13.9 Å². The van der Waals surface area contributed by atoms with Gasteiger partial charge in [0.2, 0.25) is 0 Å². The fourth-order valence-electron chi connectivity index (χ4n) is 3.06. The molecule has 7 heteroatoms. The van der Waals surface area contributed by atoms with E-state index in [0.717, 1.165) is 32.0 Å². The number of hydrogen-bond donors (Lipinski definition) is 1. The highest BCUT2D eigenvalue weighted by Crippen LogP contribution is 2.31. The molecule has 4 rings (SSSR count). The van der Waals surface area contributed by atoms with Crippen LogP contribution in [0.15, 0.2) is 59.0 Å². The molecular weight excluding hydrogens is 399 g/mol. The molecule has 1 aliphatic heterocycles. The molecule has 0 atom stereocenters. The van der Waals surface area contributed by atoms with Gasteiger partial charge in [-0.2, -0.15) is 0 Å². The van der Waals surface area contributed by atoms with Crippen molar-refractivity contribution >= 4 is 40.5 Å². The molecule has 1 N–H and O–H groups in total. The van der Waals surface area contributed by atoms with Gasteiger partial charge in [0, 0.05) is 35.1 Å². The summed E-state index contributed by atoms with van der Waals surface area (Å²) in [5, 5.41) is 3.85. The molecule has 0 radical (unpaired) electrons. The first kappa shape index (κ1) is 18.9. The van der Waals surface area contributed by atoms with Crippen molar-refractivity contribution in [3.05, 3.63) is 70.4 Å². The van der Waals surface area contributed by atoms with E-state index >= 15 is 0 Å². The van der Waals surface area contributed by atoms with Crippen molar-refractivity contribution in [2.75, 3.05) is 36.5 Å². The van der Waals surface area contributed by atoms with E-state index in [0.29, 0.717) is 27.1 Å². The number of anilines is 2. The van der Waals surface area contributed by atoms with Gasteiger partial charge in [0.25, 0.3) is 5.91 Å². The molecule has 1 aromatic heterocycles. The van der Waals surface area contributed by atoms with Crippen LogP contribution in [0.5, 0.6) is 0 Å².